The van der Waals surface area contributed by atoms with Crippen molar-refractivity contribution in [2.24, 2.45) is 0 Å². The summed E-state index contributed by atoms with van der Waals surface area (Å²) in [6.45, 7) is 0. The topological polar surface area (TPSA) is 36.9 Å². The molecular formula is C15H20N4S. The van der Waals surface area contributed by atoms with Crippen LogP contribution in [0.5, 0.6) is 0 Å². The van der Waals surface area contributed by atoms with Crippen LogP contribution in [0.2, 0.25) is 0 Å². The molecule has 0 spiro atoms. The van der Waals surface area contributed by atoms with E-state index in [0.29, 0.717) is 6.04 Å². The minimum absolute atomic E-state index is 0.483. The van der Waals surface area contributed by atoms with E-state index in [1.165, 1.54) is 32.1 Å². The highest BCUT2D eigenvalue weighted by Crippen LogP contribution is 2.32. The summed E-state index contributed by atoms with van der Waals surface area (Å²) in [7, 11) is 2.04. The van der Waals surface area contributed by atoms with Crippen LogP contribution in [0.3, 0.4) is 0 Å². The highest BCUT2D eigenvalue weighted by Gasteiger charge is 2.22. The summed E-state index contributed by atoms with van der Waals surface area (Å²) in [6.07, 6.45) is 6.30. The summed E-state index contributed by atoms with van der Waals surface area (Å²) in [5.41, 5.74) is 1.12. The van der Waals surface area contributed by atoms with E-state index in [1.54, 1.807) is 0 Å². The third kappa shape index (κ3) is 2.50. The van der Waals surface area contributed by atoms with Crippen molar-refractivity contribution in [3.63, 3.8) is 0 Å². The molecule has 1 aliphatic carbocycles. The van der Waals surface area contributed by atoms with E-state index in [9.17, 15) is 0 Å². The number of benzene rings is 1. The second kappa shape index (κ2) is 5.79. The van der Waals surface area contributed by atoms with Crippen LogP contribution in [0.1, 0.15) is 38.1 Å². The predicted octanol–water partition coefficient (Wildman–Crippen LogP) is 4.21. The first-order chi connectivity index (χ1) is 9.77. The second-order valence-corrected chi connectivity index (χ2v) is 5.77. The van der Waals surface area contributed by atoms with Gasteiger partial charge in [0.05, 0.1) is 0 Å². The molecule has 1 aromatic heterocycles. The number of rotatable bonds is 3. The molecule has 1 heterocycles. The van der Waals surface area contributed by atoms with Gasteiger partial charge in [0.15, 0.2) is 4.77 Å². The van der Waals surface area contributed by atoms with Gasteiger partial charge in [-0.15, -0.1) is 5.10 Å². The minimum atomic E-state index is 0.483. The van der Waals surface area contributed by atoms with Crippen molar-refractivity contribution in [1.82, 2.24) is 14.8 Å². The molecule has 0 saturated heterocycles. The maximum absolute atomic E-state index is 5.44. The summed E-state index contributed by atoms with van der Waals surface area (Å²) in [6, 6.07) is 10.8. The Hall–Kier alpha value is -1.62. The first-order valence-electron chi connectivity index (χ1n) is 7.23. The van der Waals surface area contributed by atoms with Crippen LogP contribution in [-0.4, -0.2) is 21.8 Å². The average molecular weight is 288 g/mol. The first kappa shape index (κ1) is 13.4. The Morgan fingerprint density at radius 3 is 2.60 bits per heavy atom. The van der Waals surface area contributed by atoms with Crippen LogP contribution in [0.25, 0.3) is 0 Å². The Morgan fingerprint density at radius 1 is 1.20 bits per heavy atom. The molecule has 0 radical (unpaired) electrons. The van der Waals surface area contributed by atoms with E-state index in [4.69, 9.17) is 12.2 Å². The molecule has 2 aromatic rings. The molecule has 106 valence electrons. The Morgan fingerprint density at radius 2 is 1.90 bits per heavy atom. The highest BCUT2D eigenvalue weighted by molar-refractivity contribution is 7.71. The van der Waals surface area contributed by atoms with Crippen molar-refractivity contribution in [1.29, 1.82) is 0 Å². The van der Waals surface area contributed by atoms with Crippen molar-refractivity contribution in [3.8, 4) is 0 Å². The largest absolute Gasteiger partial charge is 0.314 e. The molecule has 1 N–H and O–H groups in total. The number of hydrogen-bond acceptors (Lipinski definition) is 3. The average Bonchev–Trinajstić information content (AvgIpc) is 2.90. The molecule has 0 aliphatic heterocycles. The standard InChI is InChI=1S/C15H20N4S/c1-18(12-8-4-2-5-9-12)14-16-17-15(20)19(14)13-10-6-3-7-11-13/h2,4-5,8-9,13H,3,6-7,10-11H2,1H3,(H,17,20). The lowest BCUT2D eigenvalue weighted by Gasteiger charge is -2.27. The summed E-state index contributed by atoms with van der Waals surface area (Å²) >= 11 is 5.44. The van der Waals surface area contributed by atoms with E-state index < -0.39 is 0 Å². The maximum Gasteiger partial charge on any atom is 0.230 e. The van der Waals surface area contributed by atoms with Crippen LogP contribution in [0.4, 0.5) is 11.6 Å². The van der Waals surface area contributed by atoms with Crippen LogP contribution in [0.15, 0.2) is 30.3 Å². The fraction of sp³-hybridized carbons (Fsp3) is 0.467. The molecule has 0 unspecified atom stereocenters. The predicted molar refractivity (Wildman–Crippen MR) is 84.0 cm³/mol. The van der Waals surface area contributed by atoms with E-state index in [2.05, 4.69) is 31.8 Å². The molecule has 1 aromatic carbocycles. The zero-order chi connectivity index (χ0) is 13.9. The highest BCUT2D eigenvalue weighted by atomic mass is 32.1. The lowest BCUT2D eigenvalue weighted by molar-refractivity contribution is 0.351. The van der Waals surface area contributed by atoms with Crippen molar-refractivity contribution in [2.75, 3.05) is 11.9 Å². The van der Waals surface area contributed by atoms with E-state index in [-0.39, 0.29) is 0 Å². The molecule has 4 nitrogen and oxygen atoms in total. The van der Waals surface area contributed by atoms with Crippen LogP contribution < -0.4 is 4.90 Å². The Bertz CT molecular complexity index is 610. The van der Waals surface area contributed by atoms with Gasteiger partial charge in [0.1, 0.15) is 0 Å². The smallest absolute Gasteiger partial charge is 0.230 e. The summed E-state index contributed by atoms with van der Waals surface area (Å²) in [5.74, 6) is 0.910. The van der Waals surface area contributed by atoms with Gasteiger partial charge in [0.25, 0.3) is 0 Å². The van der Waals surface area contributed by atoms with E-state index >= 15 is 0 Å². The number of nitrogens with zero attached hydrogens (tertiary/aromatic N) is 3. The Labute approximate surface area is 124 Å². The van der Waals surface area contributed by atoms with Crippen molar-refractivity contribution in [2.45, 2.75) is 38.1 Å². The number of aromatic nitrogens is 3. The fourth-order valence-electron chi connectivity index (χ4n) is 2.97. The monoisotopic (exact) mass is 288 g/mol. The SMILES string of the molecule is CN(c1ccccc1)c1n[nH]c(=S)n1C1CCCCC1. The third-order valence-electron chi connectivity index (χ3n) is 4.07. The molecule has 1 fully saturated rings. The molecule has 0 bridgehead atoms. The molecule has 20 heavy (non-hydrogen) atoms. The molecule has 5 heteroatoms. The minimum Gasteiger partial charge on any atom is -0.314 e. The maximum atomic E-state index is 5.44. The molecule has 3 rings (SSSR count). The zero-order valence-electron chi connectivity index (χ0n) is 11.7. The van der Waals surface area contributed by atoms with E-state index in [1.807, 2.05) is 25.2 Å². The number of hydrogen-bond donors (Lipinski definition) is 1. The van der Waals surface area contributed by atoms with Gasteiger partial charge in [-0.05, 0) is 37.2 Å². The van der Waals surface area contributed by atoms with Gasteiger partial charge in [-0.25, -0.2) is 5.10 Å². The number of anilines is 2. The molecule has 1 saturated carbocycles. The van der Waals surface area contributed by atoms with Gasteiger partial charge in [-0.2, -0.15) is 0 Å². The molecule has 1 aliphatic rings. The number of H-pyrrole nitrogens is 1. The first-order valence-corrected chi connectivity index (χ1v) is 7.64. The van der Waals surface area contributed by atoms with Gasteiger partial charge in [0, 0.05) is 18.8 Å². The molecule has 0 atom stereocenters. The lowest BCUT2D eigenvalue weighted by Crippen LogP contribution is -2.20. The zero-order valence-corrected chi connectivity index (χ0v) is 12.6. The van der Waals surface area contributed by atoms with Crippen molar-refractivity contribution < 1.29 is 0 Å². The number of aromatic amines is 1. The fourth-order valence-corrected chi connectivity index (χ4v) is 3.24. The normalized spacial score (nSPS) is 16.2. The van der Waals surface area contributed by atoms with Gasteiger partial charge in [-0.3, -0.25) is 4.57 Å². The van der Waals surface area contributed by atoms with Crippen LogP contribution >= 0.6 is 12.2 Å². The van der Waals surface area contributed by atoms with Gasteiger partial charge < -0.3 is 4.90 Å². The number of nitrogens with one attached hydrogen (secondary N) is 1. The summed E-state index contributed by atoms with van der Waals surface area (Å²) in [5, 5.41) is 7.40. The number of para-hydroxylation sites is 1. The molecular weight excluding hydrogens is 268 g/mol. The van der Waals surface area contributed by atoms with E-state index in [0.717, 1.165) is 16.4 Å². The van der Waals surface area contributed by atoms with Crippen LogP contribution in [0, 0.1) is 4.77 Å². The quantitative estimate of drug-likeness (QED) is 0.859. The second-order valence-electron chi connectivity index (χ2n) is 5.39. The summed E-state index contributed by atoms with van der Waals surface area (Å²) in [4.78, 5) is 2.10. The van der Waals surface area contributed by atoms with Crippen molar-refractivity contribution in [3.05, 3.63) is 35.1 Å². The molecule has 0 amide bonds. The van der Waals surface area contributed by atoms with Gasteiger partial charge in [0.2, 0.25) is 5.95 Å². The Balaban J connectivity index is 1.96. The lowest BCUT2D eigenvalue weighted by atomic mass is 9.95. The van der Waals surface area contributed by atoms with Gasteiger partial charge in [-0.1, -0.05) is 37.5 Å². The Kier molecular flexibility index (Phi) is 3.87. The van der Waals surface area contributed by atoms with Gasteiger partial charge >= 0.3 is 0 Å². The summed E-state index contributed by atoms with van der Waals surface area (Å²) < 4.78 is 2.93. The third-order valence-corrected chi connectivity index (χ3v) is 4.36. The van der Waals surface area contributed by atoms with Crippen LogP contribution in [-0.2, 0) is 0 Å². The van der Waals surface area contributed by atoms with Crippen molar-refractivity contribution >= 4 is 23.9 Å².